The van der Waals surface area contributed by atoms with E-state index in [9.17, 15) is 19.1 Å². The molecule has 120 valence electrons. The number of halogens is 1. The molecule has 1 heterocycles. The first-order valence-corrected chi connectivity index (χ1v) is 8.04. The molecule has 1 aliphatic heterocycles. The molecule has 1 saturated heterocycles. The number of carbonyl (C=O) groups is 2. The van der Waals surface area contributed by atoms with Crippen molar-refractivity contribution in [3.63, 3.8) is 0 Å². The molecule has 1 aliphatic rings. The number of amides is 1. The third-order valence-electron chi connectivity index (χ3n) is 3.33. The summed E-state index contributed by atoms with van der Waals surface area (Å²) in [6, 6.07) is 11.7. The van der Waals surface area contributed by atoms with Gasteiger partial charge in [-0.15, -0.1) is 0 Å². The van der Waals surface area contributed by atoms with Crippen LogP contribution in [-0.2, 0) is 4.79 Å². The molecule has 3 rings (SSSR count). The van der Waals surface area contributed by atoms with Crippen LogP contribution in [0.15, 0.2) is 53.4 Å². The Morgan fingerprint density at radius 1 is 1.17 bits per heavy atom. The predicted octanol–water partition coefficient (Wildman–Crippen LogP) is 2.60. The number of hydrogen-bond acceptors (Lipinski definition) is 5. The highest BCUT2D eigenvalue weighted by molar-refractivity contribution is 8.27. The molecule has 0 spiro atoms. The topological polar surface area (TPSA) is 60.4 Å². The van der Waals surface area contributed by atoms with Crippen LogP contribution in [0.3, 0.4) is 0 Å². The van der Waals surface area contributed by atoms with E-state index in [2.05, 4.69) is 0 Å². The fourth-order valence-corrected chi connectivity index (χ4v) is 3.51. The van der Waals surface area contributed by atoms with E-state index < -0.39 is 11.9 Å². The van der Waals surface area contributed by atoms with E-state index in [1.54, 1.807) is 18.2 Å². The van der Waals surface area contributed by atoms with E-state index in [1.807, 2.05) is 0 Å². The Balaban J connectivity index is 1.98. The number of hydrogen-bond donors (Lipinski definition) is 0. The van der Waals surface area contributed by atoms with Gasteiger partial charge < -0.3 is 9.90 Å². The Morgan fingerprint density at radius 2 is 1.83 bits per heavy atom. The molecule has 0 saturated carbocycles. The summed E-state index contributed by atoms with van der Waals surface area (Å²) in [7, 11) is 0. The average Bonchev–Trinajstić information content (AvgIpc) is 2.83. The molecular formula is C17H9FNO3S2-. The van der Waals surface area contributed by atoms with Crippen LogP contribution in [0.25, 0.3) is 6.08 Å². The largest absolute Gasteiger partial charge is 0.545 e. The number of thiocarbonyl (C=S) groups is 1. The number of nitrogens with zero attached hydrogens (tertiary/aromatic N) is 1. The van der Waals surface area contributed by atoms with Crippen LogP contribution in [0, 0.1) is 5.82 Å². The maximum absolute atomic E-state index is 13.0. The number of rotatable bonds is 3. The van der Waals surface area contributed by atoms with Gasteiger partial charge >= 0.3 is 0 Å². The van der Waals surface area contributed by atoms with Gasteiger partial charge in [-0.1, -0.05) is 54.3 Å². The van der Waals surface area contributed by atoms with Crippen molar-refractivity contribution in [2.75, 3.05) is 4.90 Å². The molecule has 0 aliphatic carbocycles. The summed E-state index contributed by atoms with van der Waals surface area (Å²) in [6.45, 7) is 0. The SMILES string of the molecule is O=C([O-])c1ccccc1N1C(=O)/C(=C/c2ccc(F)cc2)SC1=S. The van der Waals surface area contributed by atoms with Crippen molar-refractivity contribution in [2.45, 2.75) is 0 Å². The van der Waals surface area contributed by atoms with Crippen LogP contribution in [0.2, 0.25) is 0 Å². The van der Waals surface area contributed by atoms with Gasteiger partial charge in [0, 0.05) is 5.56 Å². The third-order valence-corrected chi connectivity index (χ3v) is 4.63. The predicted molar refractivity (Wildman–Crippen MR) is 92.8 cm³/mol. The number of thioether (sulfide) groups is 1. The minimum absolute atomic E-state index is 0.114. The number of carbonyl (C=O) groups excluding carboxylic acids is 2. The highest BCUT2D eigenvalue weighted by Crippen LogP contribution is 2.37. The number of carboxylic acid groups (broad SMARTS) is 1. The summed E-state index contributed by atoms with van der Waals surface area (Å²) < 4.78 is 13.2. The first-order valence-electron chi connectivity index (χ1n) is 6.81. The van der Waals surface area contributed by atoms with Gasteiger partial charge in [0.05, 0.1) is 16.6 Å². The van der Waals surface area contributed by atoms with Crippen molar-refractivity contribution >= 4 is 51.9 Å². The molecule has 2 aromatic rings. The van der Waals surface area contributed by atoms with Crippen LogP contribution in [-0.4, -0.2) is 16.2 Å². The molecule has 24 heavy (non-hydrogen) atoms. The van der Waals surface area contributed by atoms with Crippen LogP contribution < -0.4 is 10.0 Å². The van der Waals surface area contributed by atoms with Crippen LogP contribution in [0.4, 0.5) is 10.1 Å². The average molecular weight is 358 g/mol. The molecule has 0 N–H and O–H groups in total. The summed E-state index contributed by atoms with van der Waals surface area (Å²) in [4.78, 5) is 25.4. The quantitative estimate of drug-likeness (QED) is 0.623. The number of carboxylic acids is 1. The first-order chi connectivity index (χ1) is 11.5. The lowest BCUT2D eigenvalue weighted by Crippen LogP contribution is -2.32. The second-order valence-electron chi connectivity index (χ2n) is 4.87. The molecule has 0 radical (unpaired) electrons. The molecule has 1 fully saturated rings. The number of aromatic carboxylic acids is 1. The molecule has 0 bridgehead atoms. The third kappa shape index (κ3) is 3.08. The van der Waals surface area contributed by atoms with Gasteiger partial charge in [0.2, 0.25) is 0 Å². The van der Waals surface area contributed by atoms with Crippen LogP contribution in [0.5, 0.6) is 0 Å². The lowest BCUT2D eigenvalue weighted by atomic mass is 10.1. The molecule has 0 aromatic heterocycles. The summed E-state index contributed by atoms with van der Waals surface area (Å²) >= 11 is 6.27. The summed E-state index contributed by atoms with van der Waals surface area (Å²) in [5.74, 6) is -2.19. The minimum Gasteiger partial charge on any atom is -0.545 e. The van der Waals surface area contributed by atoms with E-state index in [0.29, 0.717) is 10.5 Å². The summed E-state index contributed by atoms with van der Waals surface area (Å²) in [5, 5.41) is 11.2. The van der Waals surface area contributed by atoms with Crippen LogP contribution in [0.1, 0.15) is 15.9 Å². The molecule has 0 atom stereocenters. The number of para-hydroxylation sites is 1. The van der Waals surface area contributed by atoms with Gasteiger partial charge in [-0.25, -0.2) is 4.39 Å². The van der Waals surface area contributed by atoms with Crippen molar-refractivity contribution in [1.82, 2.24) is 0 Å². The highest BCUT2D eigenvalue weighted by Gasteiger charge is 2.34. The number of benzene rings is 2. The number of anilines is 1. The second-order valence-corrected chi connectivity index (χ2v) is 6.55. The highest BCUT2D eigenvalue weighted by atomic mass is 32.2. The monoisotopic (exact) mass is 358 g/mol. The van der Waals surface area contributed by atoms with Gasteiger partial charge in [-0.3, -0.25) is 9.69 Å². The Morgan fingerprint density at radius 3 is 2.50 bits per heavy atom. The zero-order chi connectivity index (χ0) is 17.3. The standard InChI is InChI=1S/C17H10FNO3S2/c18-11-7-5-10(6-8-11)9-14-15(20)19(17(23)24-14)13-4-2-1-3-12(13)16(21)22/h1-9H,(H,21,22)/p-1/b14-9-. The molecular weight excluding hydrogens is 349 g/mol. The lowest BCUT2D eigenvalue weighted by Gasteiger charge is -2.19. The summed E-state index contributed by atoms with van der Waals surface area (Å²) in [5.41, 5.74) is 0.699. The Bertz CT molecular complexity index is 878. The minimum atomic E-state index is -1.39. The Hall–Kier alpha value is -2.51. The molecule has 7 heteroatoms. The molecule has 4 nitrogen and oxygen atoms in total. The molecule has 2 aromatic carbocycles. The van der Waals surface area contributed by atoms with Crippen molar-refractivity contribution in [1.29, 1.82) is 0 Å². The van der Waals surface area contributed by atoms with Crippen LogP contribution >= 0.6 is 24.0 Å². The lowest BCUT2D eigenvalue weighted by molar-refractivity contribution is -0.254. The van der Waals surface area contributed by atoms with E-state index >= 15 is 0 Å². The van der Waals surface area contributed by atoms with Gasteiger partial charge in [0.1, 0.15) is 5.82 Å². The van der Waals surface area contributed by atoms with E-state index in [4.69, 9.17) is 12.2 Å². The van der Waals surface area contributed by atoms with Crippen molar-refractivity contribution in [3.8, 4) is 0 Å². The van der Waals surface area contributed by atoms with Gasteiger partial charge in [-0.2, -0.15) is 0 Å². The smallest absolute Gasteiger partial charge is 0.270 e. The Labute approximate surface area is 146 Å². The molecule has 1 amide bonds. The zero-order valence-electron chi connectivity index (χ0n) is 12.1. The van der Waals surface area contributed by atoms with Gasteiger partial charge in [0.15, 0.2) is 4.32 Å². The van der Waals surface area contributed by atoms with Gasteiger partial charge in [-0.05, 0) is 29.8 Å². The van der Waals surface area contributed by atoms with E-state index in [1.165, 1.54) is 41.3 Å². The van der Waals surface area contributed by atoms with Crippen molar-refractivity contribution < 1.29 is 19.1 Å². The Kier molecular flexibility index (Phi) is 4.46. The van der Waals surface area contributed by atoms with E-state index in [-0.39, 0.29) is 21.4 Å². The second kappa shape index (κ2) is 6.54. The first kappa shape index (κ1) is 16.4. The fourth-order valence-electron chi connectivity index (χ4n) is 2.23. The summed E-state index contributed by atoms with van der Waals surface area (Å²) in [6.07, 6.45) is 1.58. The molecule has 0 unspecified atom stereocenters. The zero-order valence-corrected chi connectivity index (χ0v) is 13.7. The maximum atomic E-state index is 13.0. The normalized spacial score (nSPS) is 16.0. The van der Waals surface area contributed by atoms with Crippen molar-refractivity contribution in [3.05, 3.63) is 70.4 Å². The van der Waals surface area contributed by atoms with Crippen molar-refractivity contribution in [2.24, 2.45) is 0 Å². The van der Waals surface area contributed by atoms with Gasteiger partial charge in [0.25, 0.3) is 5.91 Å². The maximum Gasteiger partial charge on any atom is 0.270 e. The fraction of sp³-hybridized carbons (Fsp3) is 0. The van der Waals surface area contributed by atoms with E-state index in [0.717, 1.165) is 11.8 Å².